The lowest BCUT2D eigenvalue weighted by molar-refractivity contribution is -0.0544. The number of rotatable bonds is 5. The Morgan fingerprint density at radius 2 is 1.91 bits per heavy atom. The molecule has 11 heavy (non-hydrogen) atoms. The highest BCUT2D eigenvalue weighted by molar-refractivity contribution is 4.69. The lowest BCUT2D eigenvalue weighted by atomic mass is 10.0. The predicted molar refractivity (Wildman–Crippen MR) is 43.3 cm³/mol. The molecule has 0 aliphatic rings. The number of aliphatic hydroxyl groups is 2. The first-order chi connectivity index (χ1) is 5.13. The van der Waals surface area contributed by atoms with Crippen molar-refractivity contribution < 1.29 is 14.9 Å². The molecule has 3 heteroatoms. The Bertz CT molecular complexity index is 95.3. The molecule has 0 aromatic rings. The molecule has 0 saturated heterocycles. The molecule has 0 aliphatic heterocycles. The zero-order chi connectivity index (χ0) is 8.85. The molecule has 2 N–H and O–H groups in total. The minimum Gasteiger partial charge on any atom is -0.396 e. The van der Waals surface area contributed by atoms with Gasteiger partial charge in [-0.15, -0.1) is 0 Å². The lowest BCUT2D eigenvalue weighted by Crippen LogP contribution is -2.33. The molecule has 0 aliphatic carbocycles. The molecule has 0 spiro atoms. The fourth-order valence-electron chi connectivity index (χ4n) is 0.932. The molecule has 3 unspecified atom stereocenters. The molecule has 0 bridgehead atoms. The topological polar surface area (TPSA) is 49.7 Å². The van der Waals surface area contributed by atoms with Crippen LogP contribution >= 0.6 is 0 Å². The summed E-state index contributed by atoms with van der Waals surface area (Å²) < 4.78 is 5.17. The molecular formula is C8H18O3. The van der Waals surface area contributed by atoms with Crippen molar-refractivity contribution >= 4 is 0 Å². The first-order valence-electron chi connectivity index (χ1n) is 4.04. The molecular weight excluding hydrogens is 144 g/mol. The molecule has 0 saturated carbocycles. The predicted octanol–water partition coefficient (Wildman–Crippen LogP) is 0.401. The summed E-state index contributed by atoms with van der Waals surface area (Å²) in [6, 6.07) is 0. The van der Waals surface area contributed by atoms with Gasteiger partial charge >= 0.3 is 0 Å². The fraction of sp³-hybridized carbons (Fsp3) is 1.00. The maximum absolute atomic E-state index is 9.43. The van der Waals surface area contributed by atoms with Gasteiger partial charge in [0, 0.05) is 19.1 Å². The third-order valence-corrected chi connectivity index (χ3v) is 1.78. The van der Waals surface area contributed by atoms with Gasteiger partial charge in [0.25, 0.3) is 0 Å². The van der Waals surface area contributed by atoms with E-state index in [1.807, 2.05) is 6.92 Å². The highest BCUT2D eigenvalue weighted by atomic mass is 16.5. The van der Waals surface area contributed by atoms with Gasteiger partial charge in [-0.05, 0) is 13.8 Å². The first kappa shape index (κ1) is 10.9. The van der Waals surface area contributed by atoms with Crippen molar-refractivity contribution in [1.29, 1.82) is 0 Å². The summed E-state index contributed by atoms with van der Waals surface area (Å²) in [6.07, 6.45) is -0.762. The number of hydrogen-bond donors (Lipinski definition) is 2. The highest BCUT2D eigenvalue weighted by Crippen LogP contribution is 2.08. The Labute approximate surface area is 68.0 Å². The summed E-state index contributed by atoms with van der Waals surface area (Å²) in [6.45, 7) is 6.07. The molecule has 0 aromatic heterocycles. The third-order valence-electron chi connectivity index (χ3n) is 1.78. The maximum Gasteiger partial charge on any atom is 0.0846 e. The normalized spacial score (nSPS) is 19.4. The van der Waals surface area contributed by atoms with Gasteiger partial charge in [0.1, 0.15) is 0 Å². The quantitative estimate of drug-likeness (QED) is 0.615. The van der Waals surface area contributed by atoms with E-state index in [1.54, 1.807) is 13.8 Å². The Morgan fingerprint density at radius 3 is 2.27 bits per heavy atom. The fourth-order valence-corrected chi connectivity index (χ4v) is 0.932. The maximum atomic E-state index is 9.43. The van der Waals surface area contributed by atoms with Crippen LogP contribution in [0.25, 0.3) is 0 Å². The van der Waals surface area contributed by atoms with Crippen LogP contribution in [0, 0.1) is 5.92 Å². The summed E-state index contributed by atoms with van der Waals surface area (Å²) in [5.74, 6) is -0.114. The Morgan fingerprint density at radius 1 is 1.36 bits per heavy atom. The molecule has 0 fully saturated rings. The monoisotopic (exact) mass is 162 g/mol. The number of ether oxygens (including phenoxy) is 1. The van der Waals surface area contributed by atoms with Gasteiger partial charge < -0.3 is 14.9 Å². The highest BCUT2D eigenvalue weighted by Gasteiger charge is 2.20. The van der Waals surface area contributed by atoms with Crippen LogP contribution in [0.3, 0.4) is 0 Å². The Hall–Kier alpha value is -0.120. The molecule has 0 heterocycles. The largest absolute Gasteiger partial charge is 0.396 e. The molecule has 68 valence electrons. The van der Waals surface area contributed by atoms with Crippen molar-refractivity contribution in [1.82, 2.24) is 0 Å². The summed E-state index contributed by atoms with van der Waals surface area (Å²) in [5.41, 5.74) is 0. The Kier molecular flexibility index (Phi) is 5.46. The summed E-state index contributed by atoms with van der Waals surface area (Å²) in [7, 11) is 0. The minimum absolute atomic E-state index is 0.00141. The molecule has 3 nitrogen and oxygen atoms in total. The molecule has 0 amide bonds. The van der Waals surface area contributed by atoms with Crippen molar-refractivity contribution in [3.05, 3.63) is 0 Å². The second-order valence-electron chi connectivity index (χ2n) is 2.81. The molecule has 0 aromatic carbocycles. The van der Waals surface area contributed by atoms with Crippen molar-refractivity contribution in [2.75, 3.05) is 13.2 Å². The van der Waals surface area contributed by atoms with E-state index in [4.69, 9.17) is 9.84 Å². The van der Waals surface area contributed by atoms with E-state index < -0.39 is 6.10 Å². The van der Waals surface area contributed by atoms with Crippen LogP contribution in [0.2, 0.25) is 0 Å². The first-order valence-corrected chi connectivity index (χ1v) is 4.04. The average molecular weight is 162 g/mol. The van der Waals surface area contributed by atoms with Crippen LogP contribution < -0.4 is 0 Å². The number of aliphatic hydroxyl groups excluding tert-OH is 2. The molecule has 0 rings (SSSR count). The summed E-state index contributed by atoms with van der Waals surface area (Å²) >= 11 is 0. The van der Waals surface area contributed by atoms with Crippen molar-refractivity contribution in [3.8, 4) is 0 Å². The van der Waals surface area contributed by atoms with Crippen molar-refractivity contribution in [2.45, 2.75) is 33.0 Å². The van der Waals surface area contributed by atoms with E-state index in [-0.39, 0.29) is 18.6 Å². The van der Waals surface area contributed by atoms with Crippen LogP contribution in [-0.2, 0) is 4.74 Å². The second-order valence-corrected chi connectivity index (χ2v) is 2.81. The standard InChI is InChI=1S/C8H18O3/c1-4-11-7(3)8(10)6(2)5-9/h6-10H,4-5H2,1-3H3. The van der Waals surface area contributed by atoms with Gasteiger partial charge in [-0.1, -0.05) is 6.92 Å². The van der Waals surface area contributed by atoms with Gasteiger partial charge in [-0.25, -0.2) is 0 Å². The minimum atomic E-state index is -0.569. The van der Waals surface area contributed by atoms with Crippen molar-refractivity contribution in [2.24, 2.45) is 5.92 Å². The van der Waals surface area contributed by atoms with Crippen molar-refractivity contribution in [3.63, 3.8) is 0 Å². The third kappa shape index (κ3) is 3.70. The van der Waals surface area contributed by atoms with E-state index >= 15 is 0 Å². The van der Waals surface area contributed by atoms with Crippen LogP contribution in [0.4, 0.5) is 0 Å². The van der Waals surface area contributed by atoms with Crippen LogP contribution in [0.1, 0.15) is 20.8 Å². The summed E-state index contributed by atoms with van der Waals surface area (Å²) in [4.78, 5) is 0. The second kappa shape index (κ2) is 5.52. The average Bonchev–Trinajstić information content (AvgIpc) is 2.02. The van der Waals surface area contributed by atoms with Crippen LogP contribution in [-0.4, -0.2) is 35.6 Å². The lowest BCUT2D eigenvalue weighted by Gasteiger charge is -2.22. The van der Waals surface area contributed by atoms with Gasteiger partial charge in [0.2, 0.25) is 0 Å². The Balaban J connectivity index is 3.70. The number of hydrogen-bond acceptors (Lipinski definition) is 3. The van der Waals surface area contributed by atoms with Gasteiger partial charge in [-0.2, -0.15) is 0 Å². The van der Waals surface area contributed by atoms with Gasteiger partial charge in [-0.3, -0.25) is 0 Å². The van der Waals surface area contributed by atoms with Gasteiger partial charge in [0.05, 0.1) is 12.2 Å². The SMILES string of the molecule is CCOC(C)C(O)C(C)CO. The zero-order valence-corrected chi connectivity index (χ0v) is 7.45. The summed E-state index contributed by atoms with van der Waals surface area (Å²) in [5, 5.41) is 18.1. The van der Waals surface area contributed by atoms with E-state index in [0.717, 1.165) is 0 Å². The smallest absolute Gasteiger partial charge is 0.0846 e. The van der Waals surface area contributed by atoms with Crippen LogP contribution in [0.5, 0.6) is 0 Å². The van der Waals surface area contributed by atoms with Crippen LogP contribution in [0.15, 0.2) is 0 Å². The van der Waals surface area contributed by atoms with E-state index in [1.165, 1.54) is 0 Å². The molecule has 0 radical (unpaired) electrons. The zero-order valence-electron chi connectivity index (χ0n) is 7.45. The van der Waals surface area contributed by atoms with E-state index in [0.29, 0.717) is 6.61 Å². The van der Waals surface area contributed by atoms with Gasteiger partial charge in [0.15, 0.2) is 0 Å². The van der Waals surface area contributed by atoms with E-state index in [2.05, 4.69) is 0 Å². The van der Waals surface area contributed by atoms with E-state index in [9.17, 15) is 5.11 Å². The molecule has 3 atom stereocenters.